The lowest BCUT2D eigenvalue weighted by Crippen LogP contribution is -2.16. The molecular formula is C16H8ClF3N4O3. The molecule has 2 heterocycles. The molecule has 0 aliphatic carbocycles. The van der Waals surface area contributed by atoms with Crippen LogP contribution in [0.15, 0.2) is 42.6 Å². The lowest BCUT2D eigenvalue weighted by atomic mass is 10.1. The highest BCUT2D eigenvalue weighted by Gasteiger charge is 2.34. The molecule has 0 aliphatic heterocycles. The maximum Gasteiger partial charge on any atom is 0.416 e. The fourth-order valence-electron chi connectivity index (χ4n) is 2.31. The summed E-state index contributed by atoms with van der Waals surface area (Å²) in [6, 6.07) is 6.36. The molecule has 0 saturated heterocycles. The van der Waals surface area contributed by atoms with Crippen LogP contribution >= 0.6 is 11.6 Å². The summed E-state index contributed by atoms with van der Waals surface area (Å²) in [7, 11) is 0. The number of hydrogen-bond donors (Lipinski definition) is 1. The fourth-order valence-corrected chi connectivity index (χ4v) is 2.49. The van der Waals surface area contributed by atoms with Crippen LogP contribution in [-0.4, -0.2) is 20.8 Å². The van der Waals surface area contributed by atoms with Crippen LogP contribution in [0.3, 0.4) is 0 Å². The third-order valence-corrected chi connectivity index (χ3v) is 3.85. The van der Waals surface area contributed by atoms with Crippen LogP contribution in [0.25, 0.3) is 11.0 Å². The summed E-state index contributed by atoms with van der Waals surface area (Å²) >= 11 is 5.97. The predicted molar refractivity (Wildman–Crippen MR) is 90.6 cm³/mol. The highest BCUT2D eigenvalue weighted by atomic mass is 35.5. The number of fused-ring (bicyclic) bond motifs is 1. The average molecular weight is 397 g/mol. The topological polar surface area (TPSA) is 98.0 Å². The third-order valence-electron chi connectivity index (χ3n) is 3.56. The molecule has 1 aromatic carbocycles. The minimum atomic E-state index is -4.78. The largest absolute Gasteiger partial charge is 0.416 e. The van der Waals surface area contributed by atoms with Gasteiger partial charge in [0.2, 0.25) is 0 Å². The lowest BCUT2D eigenvalue weighted by molar-refractivity contribution is -0.385. The van der Waals surface area contributed by atoms with Crippen LogP contribution in [0.4, 0.5) is 24.5 Å². The second-order valence-electron chi connectivity index (χ2n) is 5.32. The maximum absolute atomic E-state index is 12.8. The van der Waals surface area contributed by atoms with Crippen LogP contribution in [0.2, 0.25) is 5.15 Å². The number of anilines is 1. The summed E-state index contributed by atoms with van der Waals surface area (Å²) in [6.07, 6.45) is -3.28. The Morgan fingerprint density at radius 1 is 1.22 bits per heavy atom. The van der Waals surface area contributed by atoms with E-state index in [-0.39, 0.29) is 10.8 Å². The average Bonchev–Trinajstić information content (AvgIpc) is 2.61. The first-order valence-corrected chi connectivity index (χ1v) is 7.63. The zero-order valence-corrected chi connectivity index (χ0v) is 13.9. The molecule has 1 amide bonds. The van der Waals surface area contributed by atoms with E-state index < -0.39 is 33.8 Å². The van der Waals surface area contributed by atoms with E-state index in [1.54, 1.807) is 12.1 Å². The molecule has 0 saturated carbocycles. The summed E-state index contributed by atoms with van der Waals surface area (Å²) in [5, 5.41) is 13.9. The number of aromatic nitrogens is 2. The zero-order valence-electron chi connectivity index (χ0n) is 13.1. The number of halogens is 4. The van der Waals surface area contributed by atoms with Crippen molar-refractivity contribution in [2.24, 2.45) is 0 Å². The molecule has 3 aromatic rings. The Morgan fingerprint density at radius 2 is 1.96 bits per heavy atom. The summed E-state index contributed by atoms with van der Waals surface area (Å²) in [5.41, 5.74) is -2.40. The molecule has 0 fully saturated rings. The van der Waals surface area contributed by atoms with Gasteiger partial charge in [0, 0.05) is 17.6 Å². The number of pyridine rings is 2. The van der Waals surface area contributed by atoms with E-state index in [4.69, 9.17) is 11.6 Å². The minimum Gasteiger partial charge on any atom is -0.319 e. The van der Waals surface area contributed by atoms with Crippen molar-refractivity contribution in [1.29, 1.82) is 0 Å². The molecule has 2 aromatic heterocycles. The van der Waals surface area contributed by atoms with Gasteiger partial charge in [-0.25, -0.2) is 9.97 Å². The number of nitrogens with one attached hydrogen (secondary N) is 1. The SMILES string of the molecule is O=C(Nc1cc2cccnc2nc1Cl)c1ccc(C(F)(F)F)cc1[N+](=O)[O-]. The number of carbonyl (C=O) groups is 1. The van der Waals surface area contributed by atoms with Crippen molar-refractivity contribution >= 4 is 39.9 Å². The van der Waals surface area contributed by atoms with Crippen molar-refractivity contribution in [2.75, 3.05) is 5.32 Å². The van der Waals surface area contributed by atoms with Crippen molar-refractivity contribution in [1.82, 2.24) is 9.97 Å². The van der Waals surface area contributed by atoms with Gasteiger partial charge >= 0.3 is 6.18 Å². The number of nitro groups is 1. The van der Waals surface area contributed by atoms with Crippen LogP contribution in [0.1, 0.15) is 15.9 Å². The second-order valence-corrected chi connectivity index (χ2v) is 5.68. The number of benzene rings is 1. The Hall–Kier alpha value is -3.27. The Bertz CT molecular complexity index is 1070. The van der Waals surface area contributed by atoms with E-state index in [2.05, 4.69) is 15.3 Å². The van der Waals surface area contributed by atoms with Crippen LogP contribution in [-0.2, 0) is 6.18 Å². The van der Waals surface area contributed by atoms with Gasteiger partial charge in [-0.3, -0.25) is 14.9 Å². The molecule has 0 spiro atoms. The molecule has 0 bridgehead atoms. The normalized spacial score (nSPS) is 11.4. The standard InChI is InChI=1S/C16H8ClF3N4O3/c17-13-11(6-8-2-1-5-21-14(8)23-13)22-15(25)10-4-3-9(16(18,19)20)7-12(10)24(26)27/h1-7H,(H,22,25). The minimum absolute atomic E-state index is 0.0383. The molecule has 11 heteroatoms. The fraction of sp³-hybridized carbons (Fsp3) is 0.0625. The van der Waals surface area contributed by atoms with Crippen LogP contribution in [0.5, 0.6) is 0 Å². The van der Waals surface area contributed by atoms with Gasteiger partial charge in [0.15, 0.2) is 10.8 Å². The van der Waals surface area contributed by atoms with Gasteiger partial charge in [0.25, 0.3) is 11.6 Å². The van der Waals surface area contributed by atoms with E-state index in [1.807, 2.05) is 0 Å². The lowest BCUT2D eigenvalue weighted by Gasteiger charge is -2.10. The van der Waals surface area contributed by atoms with Gasteiger partial charge in [-0.15, -0.1) is 0 Å². The van der Waals surface area contributed by atoms with E-state index in [9.17, 15) is 28.1 Å². The molecule has 3 rings (SSSR count). The first-order valence-electron chi connectivity index (χ1n) is 7.25. The molecule has 1 N–H and O–H groups in total. The van der Waals surface area contributed by atoms with Crippen LogP contribution in [0, 0.1) is 10.1 Å². The smallest absolute Gasteiger partial charge is 0.319 e. The highest BCUT2D eigenvalue weighted by molar-refractivity contribution is 6.33. The number of nitrogens with zero attached hydrogens (tertiary/aromatic N) is 3. The predicted octanol–water partition coefficient (Wildman–Crippen LogP) is 4.46. The molecule has 138 valence electrons. The summed E-state index contributed by atoms with van der Waals surface area (Å²) in [5.74, 6) is -0.998. The number of amides is 1. The summed E-state index contributed by atoms with van der Waals surface area (Å²) < 4.78 is 38.3. The first-order chi connectivity index (χ1) is 12.7. The molecule has 7 nitrogen and oxygen atoms in total. The van der Waals surface area contributed by atoms with Gasteiger partial charge in [-0.1, -0.05) is 11.6 Å². The second kappa shape index (κ2) is 6.80. The molecule has 0 aliphatic rings. The number of hydrogen-bond acceptors (Lipinski definition) is 5. The summed E-state index contributed by atoms with van der Waals surface area (Å²) in [6.45, 7) is 0. The number of rotatable bonds is 3. The van der Waals surface area contributed by atoms with E-state index in [0.717, 1.165) is 6.07 Å². The van der Waals surface area contributed by atoms with Gasteiger partial charge in [0.1, 0.15) is 5.56 Å². The van der Waals surface area contributed by atoms with Gasteiger partial charge in [0.05, 0.1) is 16.2 Å². The molecule has 0 radical (unpaired) electrons. The Kier molecular flexibility index (Phi) is 4.66. The molecule has 0 atom stereocenters. The quantitative estimate of drug-likeness (QED) is 0.400. The molecule has 0 unspecified atom stereocenters. The summed E-state index contributed by atoms with van der Waals surface area (Å²) in [4.78, 5) is 30.4. The van der Waals surface area contributed by atoms with Crippen molar-refractivity contribution in [2.45, 2.75) is 6.18 Å². The number of alkyl halides is 3. The Balaban J connectivity index is 1.99. The van der Waals surface area contributed by atoms with Crippen molar-refractivity contribution in [3.05, 3.63) is 69.0 Å². The van der Waals surface area contributed by atoms with Gasteiger partial charge < -0.3 is 5.32 Å². The zero-order chi connectivity index (χ0) is 19.8. The van der Waals surface area contributed by atoms with Gasteiger partial charge in [-0.05, 0) is 30.3 Å². The number of nitro benzene ring substituents is 1. The first kappa shape index (κ1) is 18.5. The third kappa shape index (κ3) is 3.80. The van der Waals surface area contributed by atoms with E-state index >= 15 is 0 Å². The van der Waals surface area contributed by atoms with E-state index in [0.29, 0.717) is 23.2 Å². The molecule has 27 heavy (non-hydrogen) atoms. The van der Waals surface area contributed by atoms with Crippen molar-refractivity contribution in [3.63, 3.8) is 0 Å². The molecular weight excluding hydrogens is 389 g/mol. The Morgan fingerprint density at radius 3 is 2.63 bits per heavy atom. The monoisotopic (exact) mass is 396 g/mol. The van der Waals surface area contributed by atoms with Crippen molar-refractivity contribution in [3.8, 4) is 0 Å². The maximum atomic E-state index is 12.8. The number of carbonyl (C=O) groups excluding carboxylic acids is 1. The van der Waals surface area contributed by atoms with Crippen LogP contribution < -0.4 is 5.32 Å². The highest BCUT2D eigenvalue weighted by Crippen LogP contribution is 2.33. The van der Waals surface area contributed by atoms with Gasteiger partial charge in [-0.2, -0.15) is 13.2 Å². The van der Waals surface area contributed by atoms with Crippen molar-refractivity contribution < 1.29 is 22.9 Å². The van der Waals surface area contributed by atoms with E-state index in [1.165, 1.54) is 12.3 Å². The Labute approximate surface area is 154 Å².